The van der Waals surface area contributed by atoms with E-state index in [1.165, 1.54) is 19.1 Å². The second-order valence-corrected chi connectivity index (χ2v) is 11.9. The maximum absolute atomic E-state index is 13.6. The molecule has 1 aliphatic rings. The van der Waals surface area contributed by atoms with E-state index in [0.717, 1.165) is 11.6 Å². The molecule has 10 heteroatoms. The normalized spacial score (nSPS) is 20.5. The van der Waals surface area contributed by atoms with Crippen LogP contribution in [0.4, 0.5) is 4.39 Å². The largest absolute Gasteiger partial charge is 0.497 e. The number of aryl methyl sites for hydroxylation is 1. The predicted octanol–water partition coefficient (Wildman–Crippen LogP) is 1.92. The molecule has 2 atom stereocenters. The van der Waals surface area contributed by atoms with Crippen molar-refractivity contribution in [2.45, 2.75) is 29.5 Å². The molecule has 0 radical (unpaired) electrons. The van der Waals surface area contributed by atoms with Gasteiger partial charge >= 0.3 is 0 Å². The van der Waals surface area contributed by atoms with E-state index < -0.39 is 42.5 Å². The van der Waals surface area contributed by atoms with Gasteiger partial charge < -0.3 is 14.8 Å². The van der Waals surface area contributed by atoms with Gasteiger partial charge in [-0.2, -0.15) is 0 Å². The van der Waals surface area contributed by atoms with Crippen LogP contribution in [-0.2, 0) is 26.1 Å². The first kappa shape index (κ1) is 23.5. The molecule has 2 aromatic rings. The maximum Gasteiger partial charge on any atom is 0.183 e. The Hall–Kier alpha value is -2.17. The molecule has 7 nitrogen and oxygen atoms in total. The van der Waals surface area contributed by atoms with Crippen LogP contribution in [0.1, 0.15) is 11.1 Å². The van der Waals surface area contributed by atoms with Crippen LogP contribution in [0, 0.1) is 12.7 Å². The van der Waals surface area contributed by atoms with Gasteiger partial charge in [-0.25, -0.2) is 21.2 Å². The van der Waals surface area contributed by atoms with Gasteiger partial charge in [-0.1, -0.05) is 0 Å². The van der Waals surface area contributed by atoms with Gasteiger partial charge in [-0.05, 0) is 67.4 Å². The zero-order chi connectivity index (χ0) is 22.8. The van der Waals surface area contributed by atoms with Gasteiger partial charge in [-0.3, -0.25) is 0 Å². The van der Waals surface area contributed by atoms with Crippen LogP contribution in [0.15, 0.2) is 41.3 Å². The molecule has 1 aliphatic heterocycles. The molecular weight excluding hydrogens is 445 g/mol. The molecule has 0 aromatic heterocycles. The SMILES string of the molecule is COc1ccc(OC)c(CCN[C@@H]2CS(=O)(=O)C[C@H]2S(=O)(=O)c2ccc(F)c(C)c2)c1. The number of hydrogen-bond acceptors (Lipinski definition) is 7. The highest BCUT2D eigenvalue weighted by atomic mass is 32.2. The summed E-state index contributed by atoms with van der Waals surface area (Å²) in [6, 6.07) is 8.11. The fourth-order valence-corrected chi connectivity index (χ4v) is 8.55. The highest BCUT2D eigenvalue weighted by molar-refractivity contribution is 7.96. The Morgan fingerprint density at radius 1 is 1.10 bits per heavy atom. The minimum absolute atomic E-state index is 0.0743. The molecule has 0 unspecified atom stereocenters. The lowest BCUT2D eigenvalue weighted by atomic mass is 10.1. The molecule has 0 amide bonds. The molecular formula is C21H26FNO6S2. The zero-order valence-electron chi connectivity index (χ0n) is 17.6. The van der Waals surface area contributed by atoms with E-state index in [1.54, 1.807) is 26.4 Å². The van der Waals surface area contributed by atoms with Gasteiger partial charge in [0.1, 0.15) is 17.3 Å². The fraction of sp³-hybridized carbons (Fsp3) is 0.429. The van der Waals surface area contributed by atoms with E-state index in [4.69, 9.17) is 9.47 Å². The van der Waals surface area contributed by atoms with E-state index >= 15 is 0 Å². The summed E-state index contributed by atoms with van der Waals surface area (Å²) >= 11 is 0. The lowest BCUT2D eigenvalue weighted by Crippen LogP contribution is -2.44. The standard InChI is InChI=1S/C21H26FNO6S2/c1-14-10-17(5-6-18(14)22)31(26,27)21-13-30(24,25)12-19(21)23-9-8-15-11-16(28-2)4-7-20(15)29-3/h4-7,10-11,19,21,23H,8-9,12-13H2,1-3H3/t19-,21-/m1/s1. The lowest BCUT2D eigenvalue weighted by Gasteiger charge is -2.20. The van der Waals surface area contributed by atoms with Gasteiger partial charge in [0.15, 0.2) is 19.7 Å². The van der Waals surface area contributed by atoms with Crippen LogP contribution in [0.2, 0.25) is 0 Å². The zero-order valence-corrected chi connectivity index (χ0v) is 19.2. The summed E-state index contributed by atoms with van der Waals surface area (Å²) in [6.07, 6.45) is 0.485. The quantitative estimate of drug-likeness (QED) is 0.588. The summed E-state index contributed by atoms with van der Waals surface area (Å²) in [5, 5.41) is 1.95. The van der Waals surface area contributed by atoms with Crippen LogP contribution >= 0.6 is 0 Å². The summed E-state index contributed by atoms with van der Waals surface area (Å²) in [5.74, 6) is 0.0667. The van der Waals surface area contributed by atoms with Crippen molar-refractivity contribution in [3.8, 4) is 11.5 Å². The molecule has 170 valence electrons. The molecule has 2 aromatic carbocycles. The second kappa shape index (κ2) is 9.13. The topological polar surface area (TPSA) is 98.8 Å². The number of ether oxygens (including phenoxy) is 2. The van der Waals surface area contributed by atoms with Gasteiger partial charge in [-0.15, -0.1) is 0 Å². The van der Waals surface area contributed by atoms with Gasteiger partial charge in [0.2, 0.25) is 0 Å². The highest BCUT2D eigenvalue weighted by Crippen LogP contribution is 2.28. The van der Waals surface area contributed by atoms with Crippen LogP contribution in [0.5, 0.6) is 11.5 Å². The third kappa shape index (κ3) is 5.19. The van der Waals surface area contributed by atoms with Crippen molar-refractivity contribution in [2.75, 3.05) is 32.3 Å². The summed E-state index contributed by atoms with van der Waals surface area (Å²) in [7, 11) is -4.40. The molecule has 31 heavy (non-hydrogen) atoms. The van der Waals surface area contributed by atoms with E-state index in [-0.39, 0.29) is 16.2 Å². The van der Waals surface area contributed by atoms with Crippen molar-refractivity contribution in [1.29, 1.82) is 0 Å². The molecule has 1 N–H and O–H groups in total. The lowest BCUT2D eigenvalue weighted by molar-refractivity contribution is 0.398. The fourth-order valence-electron chi connectivity index (χ4n) is 3.75. The Bertz CT molecular complexity index is 1160. The van der Waals surface area contributed by atoms with Crippen molar-refractivity contribution in [1.82, 2.24) is 5.32 Å². The summed E-state index contributed by atoms with van der Waals surface area (Å²) < 4.78 is 75.0. The minimum Gasteiger partial charge on any atom is -0.497 e. The van der Waals surface area contributed by atoms with Crippen LogP contribution in [0.3, 0.4) is 0 Å². The average molecular weight is 472 g/mol. The van der Waals surface area contributed by atoms with Crippen molar-refractivity contribution < 1.29 is 30.7 Å². The molecule has 1 heterocycles. The van der Waals surface area contributed by atoms with Crippen molar-refractivity contribution in [2.24, 2.45) is 0 Å². The van der Waals surface area contributed by atoms with Gasteiger partial charge in [0.25, 0.3) is 0 Å². The average Bonchev–Trinajstić information content (AvgIpc) is 3.05. The van der Waals surface area contributed by atoms with Crippen LogP contribution < -0.4 is 14.8 Å². The molecule has 0 spiro atoms. The van der Waals surface area contributed by atoms with Gasteiger partial charge in [0, 0.05) is 6.04 Å². The summed E-state index contributed by atoms with van der Waals surface area (Å²) in [5.41, 5.74) is 1.04. The highest BCUT2D eigenvalue weighted by Gasteiger charge is 2.45. The predicted molar refractivity (Wildman–Crippen MR) is 116 cm³/mol. The van der Waals surface area contributed by atoms with Crippen molar-refractivity contribution in [3.05, 3.63) is 53.3 Å². The Morgan fingerprint density at radius 2 is 1.84 bits per heavy atom. The third-order valence-corrected chi connectivity index (χ3v) is 9.59. The smallest absolute Gasteiger partial charge is 0.183 e. The number of halogens is 1. The van der Waals surface area contributed by atoms with E-state index in [1.807, 2.05) is 6.07 Å². The number of sulfone groups is 2. The second-order valence-electron chi connectivity index (χ2n) is 7.56. The monoisotopic (exact) mass is 471 g/mol. The van der Waals surface area contributed by atoms with Crippen LogP contribution in [0.25, 0.3) is 0 Å². The molecule has 0 aliphatic carbocycles. The van der Waals surface area contributed by atoms with E-state index in [9.17, 15) is 21.2 Å². The van der Waals surface area contributed by atoms with Gasteiger partial charge in [0.05, 0.1) is 35.9 Å². The first-order valence-electron chi connectivity index (χ1n) is 9.72. The number of nitrogens with one attached hydrogen (secondary N) is 1. The van der Waals surface area contributed by atoms with E-state index in [2.05, 4.69) is 5.32 Å². The third-order valence-electron chi connectivity index (χ3n) is 5.45. The Kier molecular flexibility index (Phi) is 6.92. The first-order valence-corrected chi connectivity index (χ1v) is 13.1. The maximum atomic E-state index is 13.6. The van der Waals surface area contributed by atoms with Crippen molar-refractivity contribution in [3.63, 3.8) is 0 Å². The number of rotatable bonds is 8. The molecule has 1 fully saturated rings. The minimum atomic E-state index is -3.97. The number of hydrogen-bond donors (Lipinski definition) is 1. The molecule has 3 rings (SSSR count). The summed E-state index contributed by atoms with van der Waals surface area (Å²) in [6.45, 7) is 1.81. The molecule has 0 saturated carbocycles. The van der Waals surface area contributed by atoms with Crippen molar-refractivity contribution >= 4 is 19.7 Å². The number of methoxy groups -OCH3 is 2. The van der Waals surface area contributed by atoms with E-state index in [0.29, 0.717) is 24.5 Å². The summed E-state index contributed by atoms with van der Waals surface area (Å²) in [4.78, 5) is -0.0743. The van der Waals surface area contributed by atoms with Crippen LogP contribution in [-0.4, -0.2) is 60.4 Å². The number of benzene rings is 2. The molecule has 0 bridgehead atoms. The Balaban J connectivity index is 1.79. The Labute approximate surface area is 182 Å². The first-order chi connectivity index (χ1) is 14.6. The molecule has 1 saturated heterocycles. The Morgan fingerprint density at radius 3 is 2.48 bits per heavy atom.